The number of fused-ring (bicyclic) bond motifs is 1. The first-order valence-corrected chi connectivity index (χ1v) is 9.87. The summed E-state index contributed by atoms with van der Waals surface area (Å²) in [5.41, 5.74) is 0.783. The zero-order valence-electron chi connectivity index (χ0n) is 17.1. The Balaban J connectivity index is 1.58. The number of nitrogens with one attached hydrogen (secondary N) is 1. The lowest BCUT2D eigenvalue weighted by molar-refractivity contribution is -0.0511. The Morgan fingerprint density at radius 1 is 1.19 bits per heavy atom. The molecule has 4 rings (SSSR count). The van der Waals surface area contributed by atoms with Crippen molar-refractivity contribution in [2.24, 2.45) is 0 Å². The number of imidazole rings is 1. The third-order valence-corrected chi connectivity index (χ3v) is 5.00. The molecule has 1 fully saturated rings. The van der Waals surface area contributed by atoms with Crippen LogP contribution < -0.4 is 14.8 Å². The van der Waals surface area contributed by atoms with Crippen molar-refractivity contribution in [3.63, 3.8) is 0 Å². The van der Waals surface area contributed by atoms with Gasteiger partial charge in [0.1, 0.15) is 30.7 Å². The van der Waals surface area contributed by atoms with Gasteiger partial charge < -0.3 is 34.8 Å². The molecule has 1 saturated heterocycles. The number of anilines is 1. The molecule has 0 saturated carbocycles. The fourth-order valence-electron chi connectivity index (χ4n) is 3.40. The molecular formula is C20H25N5O6. The average molecular weight is 431 g/mol. The molecule has 4 N–H and O–H groups in total. The van der Waals surface area contributed by atoms with Crippen LogP contribution in [-0.4, -0.2) is 79.5 Å². The Labute approximate surface area is 178 Å². The van der Waals surface area contributed by atoms with Gasteiger partial charge >= 0.3 is 6.01 Å². The Bertz CT molecular complexity index is 1020. The van der Waals surface area contributed by atoms with Crippen LogP contribution >= 0.6 is 0 Å². The second-order valence-corrected chi connectivity index (χ2v) is 7.28. The highest BCUT2D eigenvalue weighted by molar-refractivity contribution is 5.83. The number of para-hydroxylation sites is 1. The topological polar surface area (TPSA) is 144 Å². The average Bonchev–Trinajstić information content (AvgIpc) is 3.34. The van der Waals surface area contributed by atoms with Gasteiger partial charge in [-0.3, -0.25) is 4.57 Å². The molecule has 1 aromatic carbocycles. The lowest BCUT2D eigenvalue weighted by Crippen LogP contribution is -2.33. The fourth-order valence-corrected chi connectivity index (χ4v) is 3.40. The molecule has 11 heteroatoms. The van der Waals surface area contributed by atoms with Gasteiger partial charge in [-0.2, -0.15) is 9.97 Å². The van der Waals surface area contributed by atoms with Crippen LogP contribution in [0.5, 0.6) is 11.8 Å². The van der Waals surface area contributed by atoms with Gasteiger partial charge in [0.15, 0.2) is 23.2 Å². The summed E-state index contributed by atoms with van der Waals surface area (Å²) in [4.78, 5) is 13.0. The molecule has 2 aromatic heterocycles. The number of aliphatic hydroxyl groups excluding tert-OH is 3. The normalized spacial score (nSPS) is 24.3. The SMILES string of the molecule is COc1nc(N[C@H](C)COc2ccccc2)c2ncn([C@@H]3O[C@H](CO)C(O)C3O)c2n1. The number of aliphatic hydroxyl groups is 3. The minimum Gasteiger partial charge on any atom is -0.491 e. The number of aromatic nitrogens is 4. The molecule has 1 aliphatic rings. The van der Waals surface area contributed by atoms with Gasteiger partial charge in [-0.1, -0.05) is 18.2 Å². The van der Waals surface area contributed by atoms with Gasteiger partial charge in [0.2, 0.25) is 0 Å². The van der Waals surface area contributed by atoms with Crippen molar-refractivity contribution in [3.8, 4) is 11.8 Å². The van der Waals surface area contributed by atoms with Crippen LogP contribution in [0.1, 0.15) is 13.2 Å². The molecule has 5 atom stereocenters. The molecule has 0 amide bonds. The molecule has 0 radical (unpaired) electrons. The summed E-state index contributed by atoms with van der Waals surface area (Å²) in [7, 11) is 1.44. The third kappa shape index (κ3) is 4.26. The predicted octanol–water partition coefficient (Wildman–Crippen LogP) is 0.326. The number of hydrogen-bond acceptors (Lipinski definition) is 10. The molecule has 11 nitrogen and oxygen atoms in total. The van der Waals surface area contributed by atoms with E-state index in [4.69, 9.17) is 14.2 Å². The molecule has 3 heterocycles. The van der Waals surface area contributed by atoms with Crippen molar-refractivity contribution in [3.05, 3.63) is 36.7 Å². The van der Waals surface area contributed by atoms with E-state index in [9.17, 15) is 15.3 Å². The molecule has 0 aliphatic carbocycles. The molecular weight excluding hydrogens is 406 g/mol. The highest BCUT2D eigenvalue weighted by Gasteiger charge is 2.44. The van der Waals surface area contributed by atoms with E-state index in [-0.39, 0.29) is 12.1 Å². The summed E-state index contributed by atoms with van der Waals surface area (Å²) in [5, 5.41) is 33.0. The van der Waals surface area contributed by atoms with Crippen LogP contribution in [0, 0.1) is 0 Å². The maximum atomic E-state index is 10.4. The predicted molar refractivity (Wildman–Crippen MR) is 110 cm³/mol. The lowest BCUT2D eigenvalue weighted by Gasteiger charge is -2.18. The maximum absolute atomic E-state index is 10.4. The van der Waals surface area contributed by atoms with E-state index in [0.717, 1.165) is 5.75 Å². The van der Waals surface area contributed by atoms with E-state index in [1.165, 1.54) is 18.0 Å². The Hall–Kier alpha value is -2.99. The van der Waals surface area contributed by atoms with E-state index in [2.05, 4.69) is 20.3 Å². The maximum Gasteiger partial charge on any atom is 0.320 e. The van der Waals surface area contributed by atoms with E-state index in [1.807, 2.05) is 37.3 Å². The Kier molecular flexibility index (Phi) is 6.18. The van der Waals surface area contributed by atoms with E-state index in [1.54, 1.807) is 0 Å². The molecule has 3 aromatic rings. The van der Waals surface area contributed by atoms with E-state index in [0.29, 0.717) is 23.6 Å². The van der Waals surface area contributed by atoms with Crippen LogP contribution in [0.15, 0.2) is 36.7 Å². The smallest absolute Gasteiger partial charge is 0.320 e. The van der Waals surface area contributed by atoms with Gasteiger partial charge in [-0.05, 0) is 19.1 Å². The van der Waals surface area contributed by atoms with Gasteiger partial charge in [-0.15, -0.1) is 0 Å². The summed E-state index contributed by atoms with van der Waals surface area (Å²) in [6.45, 7) is 1.89. The molecule has 31 heavy (non-hydrogen) atoms. The minimum atomic E-state index is -1.26. The van der Waals surface area contributed by atoms with Crippen LogP contribution in [-0.2, 0) is 4.74 Å². The molecule has 1 aliphatic heterocycles. The quantitative estimate of drug-likeness (QED) is 0.394. The lowest BCUT2D eigenvalue weighted by atomic mass is 10.1. The van der Waals surface area contributed by atoms with Gasteiger partial charge in [-0.25, -0.2) is 4.98 Å². The van der Waals surface area contributed by atoms with Crippen molar-refractivity contribution in [1.82, 2.24) is 19.5 Å². The van der Waals surface area contributed by atoms with Crippen LogP contribution in [0.25, 0.3) is 11.2 Å². The summed E-state index contributed by atoms with van der Waals surface area (Å²) in [6, 6.07) is 9.44. The third-order valence-electron chi connectivity index (χ3n) is 5.00. The van der Waals surface area contributed by atoms with E-state index < -0.39 is 31.1 Å². The number of rotatable bonds is 8. The summed E-state index contributed by atoms with van der Waals surface area (Å²) in [5.74, 6) is 1.19. The number of ether oxygens (including phenoxy) is 3. The second-order valence-electron chi connectivity index (χ2n) is 7.28. The van der Waals surface area contributed by atoms with Gasteiger partial charge in [0.05, 0.1) is 26.1 Å². The van der Waals surface area contributed by atoms with Crippen LogP contribution in [0.4, 0.5) is 5.82 Å². The standard InChI is InChI=1S/C20H25N5O6/c1-11(9-30-12-6-4-3-5-7-12)22-17-14-18(24-20(23-17)29-2)25(10-21-14)19-16(28)15(27)13(8-26)31-19/h3-7,10-11,13,15-16,19,26-28H,8-9H2,1-2H3,(H,22,23,24)/t11-,13-,15?,16?,19-/m1/s1. The first-order chi connectivity index (χ1) is 15.0. The number of methoxy groups -OCH3 is 1. The van der Waals surface area contributed by atoms with Crippen molar-refractivity contribution < 1.29 is 29.5 Å². The van der Waals surface area contributed by atoms with Crippen molar-refractivity contribution in [1.29, 1.82) is 0 Å². The monoisotopic (exact) mass is 431 g/mol. The molecule has 0 bridgehead atoms. The van der Waals surface area contributed by atoms with Gasteiger partial charge in [0, 0.05) is 0 Å². The summed E-state index contributed by atoms with van der Waals surface area (Å²) < 4.78 is 18.1. The summed E-state index contributed by atoms with van der Waals surface area (Å²) in [6.07, 6.45) is -2.93. The Morgan fingerprint density at radius 3 is 2.65 bits per heavy atom. The highest BCUT2D eigenvalue weighted by Crippen LogP contribution is 2.33. The van der Waals surface area contributed by atoms with Crippen molar-refractivity contribution in [2.45, 2.75) is 37.5 Å². The molecule has 166 valence electrons. The fraction of sp³-hybridized carbons (Fsp3) is 0.450. The van der Waals surface area contributed by atoms with Crippen molar-refractivity contribution in [2.75, 3.05) is 25.6 Å². The minimum absolute atomic E-state index is 0.0969. The zero-order valence-corrected chi connectivity index (χ0v) is 17.1. The van der Waals surface area contributed by atoms with Crippen LogP contribution in [0.3, 0.4) is 0 Å². The molecule has 2 unspecified atom stereocenters. The van der Waals surface area contributed by atoms with Crippen molar-refractivity contribution >= 4 is 17.0 Å². The molecule has 0 spiro atoms. The first kappa shape index (κ1) is 21.2. The largest absolute Gasteiger partial charge is 0.491 e. The second kappa shape index (κ2) is 9.02. The van der Waals surface area contributed by atoms with Crippen LogP contribution in [0.2, 0.25) is 0 Å². The van der Waals surface area contributed by atoms with E-state index >= 15 is 0 Å². The first-order valence-electron chi connectivity index (χ1n) is 9.87. The Morgan fingerprint density at radius 2 is 1.97 bits per heavy atom. The van der Waals surface area contributed by atoms with Gasteiger partial charge in [0.25, 0.3) is 0 Å². The summed E-state index contributed by atoms with van der Waals surface area (Å²) >= 11 is 0. The zero-order chi connectivity index (χ0) is 22.0. The highest BCUT2D eigenvalue weighted by atomic mass is 16.6. The number of nitrogens with zero attached hydrogens (tertiary/aromatic N) is 4. The number of hydrogen-bond donors (Lipinski definition) is 4. The number of benzene rings is 1.